The van der Waals surface area contributed by atoms with E-state index < -0.39 is 0 Å². The van der Waals surface area contributed by atoms with Crippen LogP contribution in [-0.4, -0.2) is 21.3 Å². The number of aliphatic hydroxyl groups is 1. The van der Waals surface area contributed by atoms with E-state index in [1.165, 1.54) is 6.07 Å². The minimum Gasteiger partial charge on any atom is -0.396 e. The van der Waals surface area contributed by atoms with Crippen LogP contribution in [0.5, 0.6) is 0 Å². The Hall–Kier alpha value is -1.68. The fourth-order valence-corrected chi connectivity index (χ4v) is 2.74. The van der Waals surface area contributed by atoms with Gasteiger partial charge in [0, 0.05) is 25.1 Å². The third-order valence-electron chi connectivity index (χ3n) is 3.67. The van der Waals surface area contributed by atoms with Crippen LogP contribution < -0.4 is 0 Å². The molecule has 1 aromatic heterocycles. The van der Waals surface area contributed by atoms with Gasteiger partial charge in [-0.15, -0.1) is 0 Å². The zero-order valence-corrected chi connectivity index (χ0v) is 10.7. The quantitative estimate of drug-likeness (QED) is 0.920. The van der Waals surface area contributed by atoms with Crippen LogP contribution in [0.1, 0.15) is 35.8 Å². The largest absolute Gasteiger partial charge is 0.396 e. The molecule has 2 heterocycles. The first-order valence-corrected chi connectivity index (χ1v) is 6.67. The molecular weight excluding hydrogens is 243 g/mol. The Labute approximate surface area is 111 Å². The van der Waals surface area contributed by atoms with Crippen molar-refractivity contribution in [2.75, 3.05) is 6.61 Å². The first-order chi connectivity index (χ1) is 9.26. The Morgan fingerprint density at radius 1 is 1.42 bits per heavy atom. The third kappa shape index (κ3) is 2.54. The van der Waals surface area contributed by atoms with Crippen LogP contribution in [0, 0.1) is 5.82 Å². The van der Waals surface area contributed by atoms with E-state index >= 15 is 0 Å². The minimum atomic E-state index is -0.213. The van der Waals surface area contributed by atoms with Crippen LogP contribution in [0.15, 0.2) is 30.5 Å². The molecule has 0 aliphatic carbocycles. The van der Waals surface area contributed by atoms with Crippen molar-refractivity contribution in [3.8, 4) is 0 Å². The summed E-state index contributed by atoms with van der Waals surface area (Å²) in [6.45, 7) is 1.11. The van der Waals surface area contributed by atoms with Gasteiger partial charge in [0.05, 0.1) is 12.3 Å². The molecule has 0 saturated heterocycles. The predicted molar refractivity (Wildman–Crippen MR) is 70.5 cm³/mol. The molecule has 0 radical (unpaired) electrons. The van der Waals surface area contributed by atoms with Crippen molar-refractivity contribution in [1.29, 1.82) is 0 Å². The van der Waals surface area contributed by atoms with E-state index in [4.69, 9.17) is 0 Å². The number of aromatic nitrogens is 2. The molecule has 1 unspecified atom stereocenters. The fourth-order valence-electron chi connectivity index (χ4n) is 2.74. The molecule has 1 aromatic carbocycles. The first kappa shape index (κ1) is 12.4. The van der Waals surface area contributed by atoms with Gasteiger partial charge in [-0.1, -0.05) is 12.1 Å². The van der Waals surface area contributed by atoms with Crippen molar-refractivity contribution in [2.45, 2.75) is 31.7 Å². The van der Waals surface area contributed by atoms with Gasteiger partial charge in [0.1, 0.15) is 11.6 Å². The van der Waals surface area contributed by atoms with E-state index in [1.54, 1.807) is 12.1 Å². The summed E-state index contributed by atoms with van der Waals surface area (Å²) in [5.41, 5.74) is 1.87. The van der Waals surface area contributed by atoms with Crippen molar-refractivity contribution in [2.24, 2.45) is 0 Å². The molecule has 0 fully saturated rings. The summed E-state index contributed by atoms with van der Waals surface area (Å²) in [6, 6.07) is 6.62. The topological polar surface area (TPSA) is 38.0 Å². The van der Waals surface area contributed by atoms with Crippen LogP contribution >= 0.6 is 0 Å². The highest BCUT2D eigenvalue weighted by molar-refractivity contribution is 5.23. The van der Waals surface area contributed by atoms with E-state index in [9.17, 15) is 9.50 Å². The molecule has 1 N–H and O–H groups in total. The lowest BCUT2D eigenvalue weighted by molar-refractivity contribution is 0.238. The molecule has 3 rings (SSSR count). The van der Waals surface area contributed by atoms with Crippen LogP contribution in [0.25, 0.3) is 0 Å². The molecule has 3 nitrogen and oxygen atoms in total. The van der Waals surface area contributed by atoms with Gasteiger partial charge in [0.15, 0.2) is 0 Å². The number of benzene rings is 1. The summed E-state index contributed by atoms with van der Waals surface area (Å²) in [5, 5.41) is 9.37. The monoisotopic (exact) mass is 260 g/mol. The zero-order valence-electron chi connectivity index (χ0n) is 10.7. The van der Waals surface area contributed by atoms with E-state index in [0.717, 1.165) is 36.5 Å². The third-order valence-corrected chi connectivity index (χ3v) is 3.67. The molecular formula is C15H17FN2O. The van der Waals surface area contributed by atoms with Crippen LogP contribution in [0.2, 0.25) is 0 Å². The second-order valence-electron chi connectivity index (χ2n) is 5.11. The summed E-state index contributed by atoms with van der Waals surface area (Å²) >= 11 is 0. The molecule has 4 heteroatoms. The standard InChI is InChI=1S/C15H17FN2O/c16-13-5-1-3-11(7-13)8-14-9-18-6-2-4-12(10-19)15(18)17-14/h1,3,5,7,9,12,19H,2,4,6,8,10H2. The lowest BCUT2D eigenvalue weighted by atomic mass is 10.0. The van der Waals surface area contributed by atoms with Crippen molar-refractivity contribution in [1.82, 2.24) is 9.55 Å². The number of aryl methyl sites for hydroxylation is 1. The summed E-state index contributed by atoms with van der Waals surface area (Å²) in [6.07, 6.45) is 4.73. The molecule has 1 aliphatic rings. The Kier molecular flexibility index (Phi) is 3.34. The summed E-state index contributed by atoms with van der Waals surface area (Å²) in [4.78, 5) is 4.61. The van der Waals surface area contributed by atoms with Gasteiger partial charge in [0.25, 0.3) is 0 Å². The molecule has 0 amide bonds. The Morgan fingerprint density at radius 3 is 3.11 bits per heavy atom. The van der Waals surface area contributed by atoms with Gasteiger partial charge in [0.2, 0.25) is 0 Å². The Morgan fingerprint density at radius 2 is 2.32 bits per heavy atom. The first-order valence-electron chi connectivity index (χ1n) is 6.67. The number of hydrogen-bond acceptors (Lipinski definition) is 2. The van der Waals surface area contributed by atoms with Crippen LogP contribution in [0.4, 0.5) is 4.39 Å². The lowest BCUT2D eigenvalue weighted by Gasteiger charge is -2.21. The number of nitrogens with zero attached hydrogens (tertiary/aromatic N) is 2. The second-order valence-corrected chi connectivity index (χ2v) is 5.11. The van der Waals surface area contributed by atoms with E-state index in [2.05, 4.69) is 9.55 Å². The summed E-state index contributed by atoms with van der Waals surface area (Å²) in [5.74, 6) is 0.907. The molecule has 0 spiro atoms. The van der Waals surface area contributed by atoms with Crippen molar-refractivity contribution < 1.29 is 9.50 Å². The number of aliphatic hydroxyl groups excluding tert-OH is 1. The molecule has 0 bridgehead atoms. The molecule has 1 atom stereocenters. The smallest absolute Gasteiger partial charge is 0.123 e. The maximum Gasteiger partial charge on any atom is 0.123 e. The van der Waals surface area contributed by atoms with Gasteiger partial charge in [-0.25, -0.2) is 9.37 Å². The summed E-state index contributed by atoms with van der Waals surface area (Å²) in [7, 11) is 0. The molecule has 1 aliphatic heterocycles. The highest BCUT2D eigenvalue weighted by Gasteiger charge is 2.22. The van der Waals surface area contributed by atoms with E-state index in [0.29, 0.717) is 6.42 Å². The van der Waals surface area contributed by atoms with Gasteiger partial charge in [-0.05, 0) is 30.5 Å². The van der Waals surface area contributed by atoms with E-state index in [-0.39, 0.29) is 18.3 Å². The SMILES string of the molecule is OCC1CCCn2cc(Cc3cccc(F)c3)nc21. The number of fused-ring (bicyclic) bond motifs is 1. The Balaban J connectivity index is 1.85. The number of halogens is 1. The number of hydrogen-bond donors (Lipinski definition) is 1. The van der Waals surface area contributed by atoms with Crippen LogP contribution in [0.3, 0.4) is 0 Å². The number of rotatable bonds is 3. The minimum absolute atomic E-state index is 0.148. The fraction of sp³-hybridized carbons (Fsp3) is 0.400. The summed E-state index contributed by atoms with van der Waals surface area (Å²) < 4.78 is 15.3. The van der Waals surface area contributed by atoms with Gasteiger partial charge < -0.3 is 9.67 Å². The van der Waals surface area contributed by atoms with Crippen molar-refractivity contribution in [3.05, 3.63) is 53.4 Å². The van der Waals surface area contributed by atoms with Gasteiger partial charge in [-0.2, -0.15) is 0 Å². The van der Waals surface area contributed by atoms with Crippen molar-refractivity contribution in [3.63, 3.8) is 0 Å². The maximum absolute atomic E-state index is 13.2. The molecule has 2 aromatic rings. The molecule has 0 saturated carbocycles. The highest BCUT2D eigenvalue weighted by atomic mass is 19.1. The Bertz CT molecular complexity index is 579. The van der Waals surface area contributed by atoms with Gasteiger partial charge >= 0.3 is 0 Å². The highest BCUT2D eigenvalue weighted by Crippen LogP contribution is 2.26. The van der Waals surface area contributed by atoms with Crippen LogP contribution in [-0.2, 0) is 13.0 Å². The molecule has 100 valence electrons. The lowest BCUT2D eigenvalue weighted by Crippen LogP contribution is -2.18. The second kappa shape index (κ2) is 5.13. The average Bonchev–Trinajstić information content (AvgIpc) is 2.80. The molecule has 19 heavy (non-hydrogen) atoms. The number of imidazole rings is 1. The van der Waals surface area contributed by atoms with E-state index in [1.807, 2.05) is 12.3 Å². The maximum atomic E-state index is 13.2. The van der Waals surface area contributed by atoms with Gasteiger partial charge in [-0.3, -0.25) is 0 Å². The normalized spacial score (nSPS) is 18.3. The average molecular weight is 260 g/mol. The van der Waals surface area contributed by atoms with Crippen molar-refractivity contribution >= 4 is 0 Å². The predicted octanol–water partition coefficient (Wildman–Crippen LogP) is 2.48. The zero-order chi connectivity index (χ0) is 13.2.